The molecule has 0 bridgehead atoms. The summed E-state index contributed by atoms with van der Waals surface area (Å²) in [5.41, 5.74) is 1.22. The molecule has 0 unspecified atom stereocenters. The Bertz CT molecular complexity index is 425. The Kier molecular flexibility index (Phi) is 6.37. The highest BCUT2D eigenvalue weighted by atomic mass is 16.5. The Hall–Kier alpha value is -1.22. The van der Waals surface area contributed by atoms with E-state index < -0.39 is 0 Å². The lowest BCUT2D eigenvalue weighted by molar-refractivity contribution is 0.128. The van der Waals surface area contributed by atoms with Crippen LogP contribution in [0, 0.1) is 5.92 Å². The van der Waals surface area contributed by atoms with E-state index in [0.717, 1.165) is 30.5 Å². The second-order valence-corrected chi connectivity index (χ2v) is 5.92. The molecule has 0 aromatic heterocycles. The first-order chi connectivity index (χ1) is 10.3. The summed E-state index contributed by atoms with van der Waals surface area (Å²) in [6.07, 6.45) is 6.62. The maximum Gasteiger partial charge on any atom is 0.127 e. The van der Waals surface area contributed by atoms with Gasteiger partial charge < -0.3 is 14.8 Å². The Labute approximate surface area is 129 Å². The van der Waals surface area contributed by atoms with Crippen LogP contribution in [0.25, 0.3) is 0 Å². The van der Waals surface area contributed by atoms with Gasteiger partial charge in [0.1, 0.15) is 11.5 Å². The summed E-state index contributed by atoms with van der Waals surface area (Å²) in [6.45, 7) is 6.23. The first-order valence-corrected chi connectivity index (χ1v) is 8.31. The fourth-order valence-electron chi connectivity index (χ4n) is 3.01. The van der Waals surface area contributed by atoms with Crippen LogP contribution in [0.4, 0.5) is 0 Å². The number of rotatable bonds is 7. The van der Waals surface area contributed by atoms with Crippen molar-refractivity contribution in [2.75, 3.05) is 13.7 Å². The third-order valence-electron chi connectivity index (χ3n) is 4.50. The van der Waals surface area contributed by atoms with E-state index in [9.17, 15) is 0 Å². The summed E-state index contributed by atoms with van der Waals surface area (Å²) in [5, 5.41) is 3.38. The van der Waals surface area contributed by atoms with Crippen molar-refractivity contribution in [1.82, 2.24) is 5.32 Å². The molecule has 0 heterocycles. The Morgan fingerprint density at radius 1 is 1.14 bits per heavy atom. The fraction of sp³-hybridized carbons (Fsp3) is 0.667. The maximum atomic E-state index is 6.30. The van der Waals surface area contributed by atoms with Gasteiger partial charge >= 0.3 is 0 Å². The highest BCUT2D eigenvalue weighted by Crippen LogP contribution is 2.32. The first-order valence-electron chi connectivity index (χ1n) is 8.31. The maximum absolute atomic E-state index is 6.30. The summed E-state index contributed by atoms with van der Waals surface area (Å²) in [6, 6.07) is 6.14. The van der Waals surface area contributed by atoms with Crippen molar-refractivity contribution in [2.45, 2.75) is 58.6 Å². The van der Waals surface area contributed by atoms with Crippen LogP contribution in [-0.2, 0) is 6.54 Å². The van der Waals surface area contributed by atoms with Crippen LogP contribution < -0.4 is 14.8 Å². The van der Waals surface area contributed by atoms with E-state index in [0.29, 0.717) is 6.10 Å². The number of hydrogen-bond acceptors (Lipinski definition) is 3. The predicted molar refractivity (Wildman–Crippen MR) is 87.0 cm³/mol. The number of nitrogens with one attached hydrogen (secondary N) is 1. The predicted octanol–water partition coefficient (Wildman–Crippen LogP) is 4.15. The summed E-state index contributed by atoms with van der Waals surface area (Å²) in [4.78, 5) is 0. The molecule has 0 aliphatic heterocycles. The average molecular weight is 291 g/mol. The number of benzene rings is 1. The van der Waals surface area contributed by atoms with Crippen molar-refractivity contribution in [3.05, 3.63) is 23.8 Å². The molecule has 0 amide bonds. The molecular weight excluding hydrogens is 262 g/mol. The molecule has 0 atom stereocenters. The molecule has 118 valence electrons. The van der Waals surface area contributed by atoms with E-state index in [1.54, 1.807) is 7.11 Å². The molecule has 2 rings (SSSR count). The molecular formula is C18H29NO2. The molecule has 1 fully saturated rings. The molecule has 3 heteroatoms. The van der Waals surface area contributed by atoms with E-state index in [2.05, 4.69) is 25.2 Å². The number of methoxy groups -OCH3 is 1. The van der Waals surface area contributed by atoms with Crippen LogP contribution in [-0.4, -0.2) is 19.8 Å². The molecule has 1 aromatic rings. The van der Waals surface area contributed by atoms with Crippen LogP contribution >= 0.6 is 0 Å². The first kappa shape index (κ1) is 16.2. The van der Waals surface area contributed by atoms with Crippen molar-refractivity contribution >= 4 is 0 Å². The van der Waals surface area contributed by atoms with Crippen LogP contribution in [0.1, 0.15) is 51.5 Å². The van der Waals surface area contributed by atoms with Gasteiger partial charge in [-0.05, 0) is 44.2 Å². The van der Waals surface area contributed by atoms with Gasteiger partial charge in [-0.15, -0.1) is 0 Å². The minimum atomic E-state index is 0.361. The van der Waals surface area contributed by atoms with Gasteiger partial charge in [0, 0.05) is 18.2 Å². The van der Waals surface area contributed by atoms with Gasteiger partial charge in [-0.1, -0.05) is 26.3 Å². The lowest BCUT2D eigenvalue weighted by Gasteiger charge is -2.29. The SMILES string of the molecule is CCNCc1ccc(OC)cc1OC1CCC(CC)CC1. The molecule has 0 radical (unpaired) electrons. The van der Waals surface area contributed by atoms with Gasteiger partial charge in [0.15, 0.2) is 0 Å². The lowest BCUT2D eigenvalue weighted by atomic mass is 9.86. The highest BCUT2D eigenvalue weighted by molar-refractivity contribution is 5.41. The van der Waals surface area contributed by atoms with Gasteiger partial charge in [0.2, 0.25) is 0 Å². The third-order valence-corrected chi connectivity index (χ3v) is 4.50. The molecule has 1 aliphatic rings. The van der Waals surface area contributed by atoms with Crippen LogP contribution in [0.5, 0.6) is 11.5 Å². The molecule has 21 heavy (non-hydrogen) atoms. The molecule has 0 spiro atoms. The van der Waals surface area contributed by atoms with E-state index in [-0.39, 0.29) is 0 Å². The van der Waals surface area contributed by atoms with Crippen molar-refractivity contribution in [3.63, 3.8) is 0 Å². The van der Waals surface area contributed by atoms with E-state index in [4.69, 9.17) is 9.47 Å². The summed E-state index contributed by atoms with van der Waals surface area (Å²) >= 11 is 0. The largest absolute Gasteiger partial charge is 0.497 e. The average Bonchev–Trinajstić information content (AvgIpc) is 2.54. The third kappa shape index (κ3) is 4.63. The van der Waals surface area contributed by atoms with Gasteiger partial charge in [-0.3, -0.25) is 0 Å². The minimum absolute atomic E-state index is 0.361. The monoisotopic (exact) mass is 291 g/mol. The zero-order valence-electron chi connectivity index (χ0n) is 13.7. The molecule has 0 saturated heterocycles. The second-order valence-electron chi connectivity index (χ2n) is 5.92. The minimum Gasteiger partial charge on any atom is -0.497 e. The lowest BCUT2D eigenvalue weighted by Crippen LogP contribution is -2.24. The van der Waals surface area contributed by atoms with Crippen LogP contribution in [0.3, 0.4) is 0 Å². The quantitative estimate of drug-likeness (QED) is 0.818. The summed E-state index contributed by atoms with van der Waals surface area (Å²) in [5.74, 6) is 2.75. The molecule has 1 aromatic carbocycles. The van der Waals surface area contributed by atoms with E-state index >= 15 is 0 Å². The number of hydrogen-bond donors (Lipinski definition) is 1. The zero-order chi connectivity index (χ0) is 15.1. The summed E-state index contributed by atoms with van der Waals surface area (Å²) in [7, 11) is 1.70. The van der Waals surface area contributed by atoms with Crippen molar-refractivity contribution in [2.24, 2.45) is 5.92 Å². The second kappa shape index (κ2) is 8.28. The number of ether oxygens (including phenoxy) is 2. The van der Waals surface area contributed by atoms with Gasteiger partial charge in [-0.25, -0.2) is 0 Å². The van der Waals surface area contributed by atoms with Gasteiger partial charge in [-0.2, -0.15) is 0 Å². The topological polar surface area (TPSA) is 30.5 Å². The molecule has 1 aliphatic carbocycles. The highest BCUT2D eigenvalue weighted by Gasteiger charge is 2.22. The molecule has 1 saturated carbocycles. The fourth-order valence-corrected chi connectivity index (χ4v) is 3.01. The molecule has 1 N–H and O–H groups in total. The normalized spacial score (nSPS) is 22.0. The Morgan fingerprint density at radius 2 is 1.90 bits per heavy atom. The Balaban J connectivity index is 2.02. The smallest absolute Gasteiger partial charge is 0.127 e. The van der Waals surface area contributed by atoms with Gasteiger partial charge in [0.05, 0.1) is 13.2 Å². The van der Waals surface area contributed by atoms with Crippen molar-refractivity contribution < 1.29 is 9.47 Å². The van der Waals surface area contributed by atoms with Gasteiger partial charge in [0.25, 0.3) is 0 Å². The van der Waals surface area contributed by atoms with Crippen molar-refractivity contribution in [1.29, 1.82) is 0 Å². The van der Waals surface area contributed by atoms with Crippen molar-refractivity contribution in [3.8, 4) is 11.5 Å². The van der Waals surface area contributed by atoms with Crippen LogP contribution in [0.15, 0.2) is 18.2 Å². The zero-order valence-corrected chi connectivity index (χ0v) is 13.7. The Morgan fingerprint density at radius 3 is 2.52 bits per heavy atom. The molecule has 3 nitrogen and oxygen atoms in total. The van der Waals surface area contributed by atoms with E-state index in [1.807, 2.05) is 12.1 Å². The van der Waals surface area contributed by atoms with E-state index in [1.165, 1.54) is 37.7 Å². The summed E-state index contributed by atoms with van der Waals surface area (Å²) < 4.78 is 11.6. The standard InChI is InChI=1S/C18H29NO2/c1-4-14-6-9-16(10-7-14)21-18-12-17(20-3)11-8-15(18)13-19-5-2/h8,11-12,14,16,19H,4-7,9-10,13H2,1-3H3. The van der Waals surface area contributed by atoms with Crippen LogP contribution in [0.2, 0.25) is 0 Å².